The maximum Gasteiger partial charge on any atom is 0.137 e. The van der Waals surface area contributed by atoms with E-state index in [-0.39, 0.29) is 11.7 Å². The Morgan fingerprint density at radius 3 is 2.12 bits per heavy atom. The molecule has 1 heteroatoms. The average Bonchev–Trinajstić information content (AvgIpc) is 2.20. The number of carbonyl (C=O) groups is 1. The third-order valence-electron chi connectivity index (χ3n) is 2.93. The van der Waals surface area contributed by atoms with Gasteiger partial charge in [-0.25, -0.2) is 0 Å². The maximum atomic E-state index is 11.4. The number of ketones is 1. The summed E-state index contributed by atoms with van der Waals surface area (Å²) >= 11 is 0. The number of carbonyl (C=O) groups excluding carboxylic acids is 1. The van der Waals surface area contributed by atoms with Crippen LogP contribution in [0.3, 0.4) is 0 Å². The summed E-state index contributed by atoms with van der Waals surface area (Å²) in [6, 6.07) is 8.52. The minimum absolute atomic E-state index is 0.0769. The third-order valence-corrected chi connectivity index (χ3v) is 2.93. The lowest BCUT2D eigenvalue weighted by Crippen LogP contribution is -2.07. The van der Waals surface area contributed by atoms with Gasteiger partial charge in [-0.3, -0.25) is 4.79 Å². The molecular formula is C15H22O. The van der Waals surface area contributed by atoms with E-state index < -0.39 is 0 Å². The molecule has 1 aromatic carbocycles. The van der Waals surface area contributed by atoms with Crippen LogP contribution in [-0.4, -0.2) is 5.78 Å². The molecule has 0 spiro atoms. The Balaban J connectivity index is 2.81. The van der Waals surface area contributed by atoms with Crippen LogP contribution in [0.5, 0.6) is 0 Å². The molecule has 1 unspecified atom stereocenters. The number of rotatable bonds is 5. The first-order valence-electron chi connectivity index (χ1n) is 6.13. The molecule has 1 rings (SSSR count). The van der Waals surface area contributed by atoms with Gasteiger partial charge in [0.2, 0.25) is 0 Å². The highest BCUT2D eigenvalue weighted by molar-refractivity contribution is 5.83. The summed E-state index contributed by atoms with van der Waals surface area (Å²) in [5.41, 5.74) is 2.51. The molecule has 0 N–H and O–H groups in total. The number of Topliss-reactive ketones (excluding diaryl/α,β-unsaturated/α-hetero) is 1. The quantitative estimate of drug-likeness (QED) is 0.731. The lowest BCUT2D eigenvalue weighted by Gasteiger charge is -2.12. The number of hydrogen-bond acceptors (Lipinski definition) is 1. The van der Waals surface area contributed by atoms with Crippen molar-refractivity contribution in [2.75, 3.05) is 0 Å². The molecule has 1 nitrogen and oxygen atoms in total. The van der Waals surface area contributed by atoms with Gasteiger partial charge in [0.25, 0.3) is 0 Å². The Morgan fingerprint density at radius 2 is 1.75 bits per heavy atom. The van der Waals surface area contributed by atoms with Crippen LogP contribution in [0.2, 0.25) is 0 Å². The van der Waals surface area contributed by atoms with Crippen molar-refractivity contribution < 1.29 is 4.79 Å². The van der Waals surface area contributed by atoms with Crippen molar-refractivity contribution in [1.29, 1.82) is 0 Å². The second-order valence-electron chi connectivity index (χ2n) is 4.91. The Hall–Kier alpha value is -1.11. The van der Waals surface area contributed by atoms with Crippen molar-refractivity contribution in [2.24, 2.45) is 5.92 Å². The Labute approximate surface area is 98.9 Å². The molecular weight excluding hydrogens is 196 g/mol. The molecule has 0 saturated carbocycles. The minimum Gasteiger partial charge on any atom is -0.299 e. The third kappa shape index (κ3) is 3.48. The fraction of sp³-hybridized carbons (Fsp3) is 0.533. The number of hydrogen-bond donors (Lipinski definition) is 0. The molecule has 0 aliphatic carbocycles. The molecule has 0 heterocycles. The van der Waals surface area contributed by atoms with E-state index in [9.17, 15) is 4.79 Å². The predicted octanol–water partition coefficient (Wildman–Crippen LogP) is 3.97. The van der Waals surface area contributed by atoms with E-state index in [1.807, 2.05) is 0 Å². The zero-order valence-electron chi connectivity index (χ0n) is 10.8. The van der Waals surface area contributed by atoms with Crippen molar-refractivity contribution in [3.8, 4) is 0 Å². The van der Waals surface area contributed by atoms with Crippen LogP contribution in [0.4, 0.5) is 0 Å². The monoisotopic (exact) mass is 218 g/mol. The maximum absolute atomic E-state index is 11.4. The molecule has 0 aromatic heterocycles. The Kier molecular flexibility index (Phi) is 4.72. The first-order valence-corrected chi connectivity index (χ1v) is 6.13. The zero-order chi connectivity index (χ0) is 12.1. The molecule has 0 saturated heterocycles. The van der Waals surface area contributed by atoms with Crippen molar-refractivity contribution >= 4 is 5.78 Å². The highest BCUT2D eigenvalue weighted by Crippen LogP contribution is 2.21. The van der Waals surface area contributed by atoms with Gasteiger partial charge in [0.15, 0.2) is 0 Å². The summed E-state index contributed by atoms with van der Waals surface area (Å²) in [5, 5.41) is 0. The molecule has 88 valence electrons. The van der Waals surface area contributed by atoms with Gasteiger partial charge in [-0.15, -0.1) is 0 Å². The summed E-state index contributed by atoms with van der Waals surface area (Å²) in [5.74, 6) is 1.02. The minimum atomic E-state index is 0.0769. The largest absolute Gasteiger partial charge is 0.299 e. The fourth-order valence-electron chi connectivity index (χ4n) is 2.12. The normalized spacial score (nSPS) is 12.8. The second kappa shape index (κ2) is 5.83. The summed E-state index contributed by atoms with van der Waals surface area (Å²) < 4.78 is 0. The average molecular weight is 218 g/mol. The van der Waals surface area contributed by atoms with Gasteiger partial charge >= 0.3 is 0 Å². The van der Waals surface area contributed by atoms with E-state index in [2.05, 4.69) is 45.0 Å². The van der Waals surface area contributed by atoms with Crippen molar-refractivity contribution in [2.45, 2.75) is 46.5 Å². The van der Waals surface area contributed by atoms with Gasteiger partial charge in [0, 0.05) is 5.92 Å². The van der Waals surface area contributed by atoms with Crippen LogP contribution < -0.4 is 0 Å². The van der Waals surface area contributed by atoms with E-state index in [0.29, 0.717) is 5.92 Å². The van der Waals surface area contributed by atoms with Crippen molar-refractivity contribution in [3.05, 3.63) is 35.4 Å². The van der Waals surface area contributed by atoms with Gasteiger partial charge in [-0.05, 0) is 36.8 Å². The van der Waals surface area contributed by atoms with E-state index in [1.54, 1.807) is 6.92 Å². The highest BCUT2D eigenvalue weighted by atomic mass is 16.1. The number of benzene rings is 1. The van der Waals surface area contributed by atoms with E-state index in [0.717, 1.165) is 18.4 Å². The Morgan fingerprint density at radius 1 is 1.19 bits per heavy atom. The molecule has 0 radical (unpaired) electrons. The SMILES string of the molecule is CCC(C(C)=O)c1ccc(CC(C)C)cc1. The Bertz CT molecular complexity index is 335. The van der Waals surface area contributed by atoms with Crippen molar-refractivity contribution in [3.63, 3.8) is 0 Å². The van der Waals surface area contributed by atoms with Gasteiger partial charge < -0.3 is 0 Å². The van der Waals surface area contributed by atoms with Crippen molar-refractivity contribution in [1.82, 2.24) is 0 Å². The molecule has 16 heavy (non-hydrogen) atoms. The van der Waals surface area contributed by atoms with Gasteiger partial charge in [-0.1, -0.05) is 45.0 Å². The molecule has 0 fully saturated rings. The van der Waals surface area contributed by atoms with E-state index in [1.165, 1.54) is 5.56 Å². The smallest absolute Gasteiger partial charge is 0.137 e. The van der Waals surface area contributed by atoms with Crippen LogP contribution in [0, 0.1) is 5.92 Å². The first kappa shape index (κ1) is 13.0. The molecule has 1 atom stereocenters. The topological polar surface area (TPSA) is 17.1 Å². The highest BCUT2D eigenvalue weighted by Gasteiger charge is 2.13. The molecule has 0 amide bonds. The molecule has 0 aliphatic heterocycles. The van der Waals surface area contributed by atoms with Gasteiger partial charge in [0.05, 0.1) is 0 Å². The molecule has 1 aromatic rings. The summed E-state index contributed by atoms with van der Waals surface area (Å²) in [6.07, 6.45) is 2.00. The van der Waals surface area contributed by atoms with Gasteiger partial charge in [-0.2, -0.15) is 0 Å². The zero-order valence-corrected chi connectivity index (χ0v) is 10.8. The van der Waals surface area contributed by atoms with Crippen LogP contribution in [0.15, 0.2) is 24.3 Å². The second-order valence-corrected chi connectivity index (χ2v) is 4.91. The predicted molar refractivity (Wildman–Crippen MR) is 68.7 cm³/mol. The first-order chi connectivity index (χ1) is 7.54. The lowest BCUT2D eigenvalue weighted by atomic mass is 9.91. The van der Waals surface area contributed by atoms with Crippen LogP contribution in [-0.2, 0) is 11.2 Å². The van der Waals surface area contributed by atoms with E-state index in [4.69, 9.17) is 0 Å². The standard InChI is InChI=1S/C15H22O/c1-5-15(12(4)16)14-8-6-13(7-9-14)10-11(2)3/h6-9,11,15H,5,10H2,1-4H3. The van der Waals surface area contributed by atoms with Crippen LogP contribution in [0.1, 0.15) is 51.2 Å². The fourth-order valence-corrected chi connectivity index (χ4v) is 2.12. The van der Waals surface area contributed by atoms with E-state index >= 15 is 0 Å². The van der Waals surface area contributed by atoms with Crippen LogP contribution >= 0.6 is 0 Å². The van der Waals surface area contributed by atoms with Crippen LogP contribution in [0.25, 0.3) is 0 Å². The summed E-state index contributed by atoms with van der Waals surface area (Å²) in [7, 11) is 0. The molecule has 0 aliphatic rings. The lowest BCUT2D eigenvalue weighted by molar-refractivity contribution is -0.118. The molecule has 0 bridgehead atoms. The summed E-state index contributed by atoms with van der Waals surface area (Å²) in [6.45, 7) is 8.18. The summed E-state index contributed by atoms with van der Waals surface area (Å²) in [4.78, 5) is 11.4. The van der Waals surface area contributed by atoms with Gasteiger partial charge in [0.1, 0.15) is 5.78 Å².